The first kappa shape index (κ1) is 16.9. The van der Waals surface area contributed by atoms with Crippen molar-refractivity contribution in [2.45, 2.75) is 32.8 Å². The van der Waals surface area contributed by atoms with Crippen LogP contribution in [0, 0.1) is 5.92 Å². The normalized spacial score (nSPS) is 23.6. The highest BCUT2D eigenvalue weighted by Gasteiger charge is 2.24. The van der Waals surface area contributed by atoms with Gasteiger partial charge in [-0.1, -0.05) is 13.8 Å². The Morgan fingerprint density at radius 1 is 1.45 bits per heavy atom. The van der Waals surface area contributed by atoms with Gasteiger partial charge in [-0.15, -0.1) is 0 Å². The lowest BCUT2D eigenvalue weighted by molar-refractivity contribution is -0.130. The van der Waals surface area contributed by atoms with Gasteiger partial charge < -0.3 is 10.1 Å². The Balaban J connectivity index is 1.78. The molecule has 2 amide bonds. The van der Waals surface area contributed by atoms with Gasteiger partial charge in [-0.25, -0.2) is 5.01 Å². The van der Waals surface area contributed by atoms with E-state index in [0.29, 0.717) is 37.6 Å². The van der Waals surface area contributed by atoms with Crippen molar-refractivity contribution in [1.82, 2.24) is 15.2 Å². The summed E-state index contributed by atoms with van der Waals surface area (Å²) in [6.45, 7) is 8.41. The molecule has 1 N–H and O–H groups in total. The maximum atomic E-state index is 12.1. The Morgan fingerprint density at radius 2 is 2.23 bits per heavy atom. The summed E-state index contributed by atoms with van der Waals surface area (Å²) >= 11 is 0. The van der Waals surface area contributed by atoms with Gasteiger partial charge in [0.2, 0.25) is 5.91 Å². The molecule has 1 atom stereocenters. The Morgan fingerprint density at radius 3 is 2.91 bits per heavy atom. The van der Waals surface area contributed by atoms with Gasteiger partial charge in [0.05, 0.1) is 12.7 Å². The Hall–Kier alpha value is -1.47. The summed E-state index contributed by atoms with van der Waals surface area (Å²) in [4.78, 5) is 25.8. The number of morpholine rings is 1. The highest BCUT2D eigenvalue weighted by molar-refractivity contribution is 6.39. The van der Waals surface area contributed by atoms with Gasteiger partial charge in [0.15, 0.2) is 0 Å². The van der Waals surface area contributed by atoms with Crippen LogP contribution in [0.15, 0.2) is 5.10 Å². The number of ether oxygens (including phenoxy) is 1. The summed E-state index contributed by atoms with van der Waals surface area (Å²) in [6.07, 6.45) is 0.755. The van der Waals surface area contributed by atoms with Crippen molar-refractivity contribution in [2.75, 3.05) is 39.8 Å². The first-order chi connectivity index (χ1) is 10.5. The Bertz CT molecular complexity index is 450. The van der Waals surface area contributed by atoms with E-state index >= 15 is 0 Å². The standard InChI is InChI=1S/C15H26N4O3/c1-11(2)9-19-6-7-22-12(10-19)8-16-15(21)13-4-5-14(20)18(3)17-13/h11-12H,4-10H2,1-3H3,(H,16,21)/t12-/m1/s1. The van der Waals surface area contributed by atoms with Crippen molar-refractivity contribution in [2.24, 2.45) is 11.0 Å². The smallest absolute Gasteiger partial charge is 0.267 e. The minimum atomic E-state index is -0.205. The number of carbonyl (C=O) groups is 2. The molecule has 7 heteroatoms. The molecule has 2 aliphatic heterocycles. The molecule has 0 aliphatic carbocycles. The summed E-state index contributed by atoms with van der Waals surface area (Å²) in [6, 6.07) is 0. The predicted octanol–water partition coefficient (Wildman–Crippen LogP) is 0.0676. The molecule has 2 heterocycles. The third kappa shape index (κ3) is 4.78. The summed E-state index contributed by atoms with van der Waals surface area (Å²) in [5.41, 5.74) is 0.414. The molecule has 2 rings (SSSR count). The zero-order valence-corrected chi connectivity index (χ0v) is 13.7. The van der Waals surface area contributed by atoms with Crippen LogP contribution < -0.4 is 5.32 Å². The summed E-state index contributed by atoms with van der Waals surface area (Å²) in [7, 11) is 1.57. The molecular formula is C15H26N4O3. The summed E-state index contributed by atoms with van der Waals surface area (Å²) < 4.78 is 5.70. The van der Waals surface area contributed by atoms with E-state index in [2.05, 4.69) is 29.2 Å². The molecule has 0 bridgehead atoms. The monoisotopic (exact) mass is 310 g/mol. The zero-order valence-electron chi connectivity index (χ0n) is 13.7. The van der Waals surface area contributed by atoms with Crippen LogP contribution in [-0.4, -0.2) is 73.4 Å². The van der Waals surface area contributed by atoms with Crippen LogP contribution in [0.2, 0.25) is 0 Å². The molecule has 124 valence electrons. The average molecular weight is 310 g/mol. The van der Waals surface area contributed by atoms with E-state index in [-0.39, 0.29) is 17.9 Å². The maximum Gasteiger partial charge on any atom is 0.267 e. The van der Waals surface area contributed by atoms with Crippen LogP contribution in [-0.2, 0) is 14.3 Å². The van der Waals surface area contributed by atoms with Crippen molar-refractivity contribution in [1.29, 1.82) is 0 Å². The lowest BCUT2D eigenvalue weighted by Crippen LogP contribution is -2.49. The number of carbonyl (C=O) groups excluding carboxylic acids is 2. The van der Waals surface area contributed by atoms with Crippen molar-refractivity contribution in [3.05, 3.63) is 0 Å². The van der Waals surface area contributed by atoms with E-state index in [1.54, 1.807) is 7.05 Å². The van der Waals surface area contributed by atoms with E-state index in [1.807, 2.05) is 0 Å². The topological polar surface area (TPSA) is 74.2 Å². The van der Waals surface area contributed by atoms with E-state index in [1.165, 1.54) is 5.01 Å². The van der Waals surface area contributed by atoms with Crippen molar-refractivity contribution < 1.29 is 14.3 Å². The lowest BCUT2D eigenvalue weighted by Gasteiger charge is -2.34. The van der Waals surface area contributed by atoms with Crippen LogP contribution in [0.3, 0.4) is 0 Å². The van der Waals surface area contributed by atoms with Gasteiger partial charge in [-0.2, -0.15) is 5.10 Å². The second-order valence-corrected chi connectivity index (χ2v) is 6.32. The quantitative estimate of drug-likeness (QED) is 0.780. The van der Waals surface area contributed by atoms with Gasteiger partial charge in [-0.05, 0) is 5.92 Å². The largest absolute Gasteiger partial charge is 0.374 e. The fourth-order valence-corrected chi connectivity index (χ4v) is 2.73. The highest BCUT2D eigenvalue weighted by Crippen LogP contribution is 2.09. The first-order valence-electron chi connectivity index (χ1n) is 7.92. The SMILES string of the molecule is CC(C)CN1CCO[C@H](CNC(=O)C2=NN(C)C(=O)CC2)C1. The molecule has 1 saturated heterocycles. The van der Waals surface area contributed by atoms with Crippen LogP contribution in [0.4, 0.5) is 0 Å². The number of amides is 2. The maximum absolute atomic E-state index is 12.1. The Kier molecular flexibility index (Phi) is 5.90. The van der Waals surface area contributed by atoms with Crippen molar-refractivity contribution >= 4 is 17.5 Å². The molecule has 0 aromatic rings. The number of nitrogens with zero attached hydrogens (tertiary/aromatic N) is 3. The molecule has 7 nitrogen and oxygen atoms in total. The van der Waals surface area contributed by atoms with E-state index < -0.39 is 0 Å². The Labute approximate surface area is 131 Å². The van der Waals surface area contributed by atoms with Gasteiger partial charge >= 0.3 is 0 Å². The van der Waals surface area contributed by atoms with Gasteiger partial charge in [0, 0.05) is 46.1 Å². The third-order valence-electron chi connectivity index (χ3n) is 3.81. The molecule has 0 radical (unpaired) electrons. The summed E-state index contributed by atoms with van der Waals surface area (Å²) in [5, 5.41) is 8.13. The number of nitrogens with one attached hydrogen (secondary N) is 1. The second kappa shape index (κ2) is 7.69. The van der Waals surface area contributed by atoms with Crippen LogP contribution >= 0.6 is 0 Å². The molecular weight excluding hydrogens is 284 g/mol. The average Bonchev–Trinajstić information content (AvgIpc) is 2.47. The molecule has 0 aromatic carbocycles. The van der Waals surface area contributed by atoms with Crippen LogP contribution in [0.25, 0.3) is 0 Å². The van der Waals surface area contributed by atoms with E-state index in [4.69, 9.17) is 4.74 Å². The van der Waals surface area contributed by atoms with Gasteiger partial charge in [0.1, 0.15) is 5.71 Å². The minimum absolute atomic E-state index is 0.0139. The van der Waals surface area contributed by atoms with Crippen molar-refractivity contribution in [3.63, 3.8) is 0 Å². The molecule has 2 aliphatic rings. The molecule has 1 fully saturated rings. The number of hydrazone groups is 1. The first-order valence-corrected chi connectivity index (χ1v) is 7.92. The third-order valence-corrected chi connectivity index (χ3v) is 3.81. The molecule has 0 saturated carbocycles. The number of hydrogen-bond acceptors (Lipinski definition) is 5. The van der Waals surface area contributed by atoms with Crippen molar-refractivity contribution in [3.8, 4) is 0 Å². The molecule has 0 aromatic heterocycles. The number of hydrogen-bond donors (Lipinski definition) is 1. The van der Waals surface area contributed by atoms with Gasteiger partial charge in [0.25, 0.3) is 5.91 Å². The second-order valence-electron chi connectivity index (χ2n) is 6.32. The predicted molar refractivity (Wildman–Crippen MR) is 83.5 cm³/mol. The minimum Gasteiger partial charge on any atom is -0.374 e. The molecule has 0 unspecified atom stereocenters. The van der Waals surface area contributed by atoms with E-state index in [9.17, 15) is 9.59 Å². The fraction of sp³-hybridized carbons (Fsp3) is 0.800. The fourth-order valence-electron chi connectivity index (χ4n) is 2.73. The van der Waals surface area contributed by atoms with E-state index in [0.717, 1.165) is 19.6 Å². The molecule has 22 heavy (non-hydrogen) atoms. The molecule has 0 spiro atoms. The number of rotatable bonds is 5. The summed E-state index contributed by atoms with van der Waals surface area (Å²) in [5.74, 6) is 0.360. The highest BCUT2D eigenvalue weighted by atomic mass is 16.5. The zero-order chi connectivity index (χ0) is 16.1. The lowest BCUT2D eigenvalue weighted by atomic mass is 10.1. The van der Waals surface area contributed by atoms with Gasteiger partial charge in [-0.3, -0.25) is 14.5 Å². The van der Waals surface area contributed by atoms with Crippen LogP contribution in [0.1, 0.15) is 26.7 Å². The van der Waals surface area contributed by atoms with Crippen LogP contribution in [0.5, 0.6) is 0 Å².